The van der Waals surface area contributed by atoms with Crippen molar-refractivity contribution in [2.45, 2.75) is 59.9 Å². The third-order valence-corrected chi connectivity index (χ3v) is 8.09. The van der Waals surface area contributed by atoms with Gasteiger partial charge in [0.25, 0.3) is 0 Å². The Morgan fingerprint density at radius 1 is 0.646 bits per heavy atom. The van der Waals surface area contributed by atoms with Crippen LogP contribution in [0.5, 0.6) is 0 Å². The molecule has 11 nitrogen and oxygen atoms in total. The Labute approximate surface area is 277 Å². The zero-order valence-corrected chi connectivity index (χ0v) is 27.6. The SMILES string of the molecule is CC.CCc1ccc(-c2noc(C(F)(F)F)n2)s1.Cc1cncc(N(Cc2ccc(-c3noc(C(F)(F)F)n3)s2)c2cncc(C)n2)n1. The van der Waals surface area contributed by atoms with Crippen molar-refractivity contribution in [2.75, 3.05) is 4.90 Å². The molecule has 0 amide bonds. The summed E-state index contributed by atoms with van der Waals surface area (Å²) in [6, 6.07) is 6.95. The van der Waals surface area contributed by atoms with E-state index in [1.165, 1.54) is 22.7 Å². The lowest BCUT2D eigenvalue weighted by Gasteiger charge is -2.22. The molecule has 0 aliphatic rings. The molecule has 0 saturated heterocycles. The molecule has 0 aliphatic heterocycles. The van der Waals surface area contributed by atoms with E-state index in [2.05, 4.69) is 49.3 Å². The highest BCUT2D eigenvalue weighted by Crippen LogP contribution is 2.34. The van der Waals surface area contributed by atoms with E-state index in [-0.39, 0.29) is 11.6 Å². The maximum absolute atomic E-state index is 12.7. The number of halogens is 6. The number of aromatic nitrogens is 8. The summed E-state index contributed by atoms with van der Waals surface area (Å²) in [6.07, 6.45) is -1.94. The lowest BCUT2D eigenvalue weighted by atomic mass is 10.3. The molecule has 0 bridgehead atoms. The van der Waals surface area contributed by atoms with Gasteiger partial charge in [-0.15, -0.1) is 22.7 Å². The van der Waals surface area contributed by atoms with Crippen LogP contribution in [0.2, 0.25) is 0 Å². The lowest BCUT2D eigenvalue weighted by molar-refractivity contribution is -0.160. The first-order chi connectivity index (χ1) is 22.8. The van der Waals surface area contributed by atoms with E-state index in [9.17, 15) is 26.3 Å². The Morgan fingerprint density at radius 2 is 1.08 bits per heavy atom. The van der Waals surface area contributed by atoms with E-state index < -0.39 is 24.1 Å². The van der Waals surface area contributed by atoms with Crippen LogP contribution >= 0.6 is 22.7 Å². The van der Waals surface area contributed by atoms with Gasteiger partial charge in [0.2, 0.25) is 11.6 Å². The number of alkyl halides is 6. The van der Waals surface area contributed by atoms with Crippen molar-refractivity contribution in [3.8, 4) is 21.4 Å². The summed E-state index contributed by atoms with van der Waals surface area (Å²) in [7, 11) is 0. The minimum absolute atomic E-state index is 0.0166. The zero-order chi connectivity index (χ0) is 35.1. The van der Waals surface area contributed by atoms with E-state index in [1.807, 2.05) is 45.6 Å². The fraction of sp³-hybridized carbons (Fsp3) is 0.310. The molecule has 6 aromatic heterocycles. The van der Waals surface area contributed by atoms with Gasteiger partial charge in [0, 0.05) is 22.1 Å². The largest absolute Gasteiger partial charge is 0.471 e. The van der Waals surface area contributed by atoms with Gasteiger partial charge in [0.15, 0.2) is 11.6 Å². The number of hydrogen-bond donors (Lipinski definition) is 0. The highest BCUT2D eigenvalue weighted by Gasteiger charge is 2.39. The van der Waals surface area contributed by atoms with Crippen molar-refractivity contribution in [3.05, 3.63) is 82.0 Å². The monoisotopic (exact) mass is 711 g/mol. The van der Waals surface area contributed by atoms with Gasteiger partial charge in [-0.3, -0.25) is 9.97 Å². The Hall–Kier alpha value is -4.78. The van der Waals surface area contributed by atoms with Crippen LogP contribution in [0.4, 0.5) is 38.0 Å². The van der Waals surface area contributed by atoms with Gasteiger partial charge in [-0.2, -0.15) is 36.3 Å². The Morgan fingerprint density at radius 3 is 1.46 bits per heavy atom. The quantitative estimate of drug-likeness (QED) is 0.147. The van der Waals surface area contributed by atoms with Gasteiger partial charge < -0.3 is 13.9 Å². The average molecular weight is 712 g/mol. The van der Waals surface area contributed by atoms with Crippen LogP contribution in [-0.2, 0) is 25.3 Å². The van der Waals surface area contributed by atoms with Crippen LogP contribution in [0.15, 0.2) is 58.1 Å². The third-order valence-electron chi connectivity index (χ3n) is 5.80. The van der Waals surface area contributed by atoms with E-state index in [0.717, 1.165) is 27.6 Å². The smallest absolute Gasteiger partial charge is 0.329 e. The van der Waals surface area contributed by atoms with Crippen molar-refractivity contribution < 1.29 is 35.4 Å². The molecule has 6 heterocycles. The molecule has 0 atom stereocenters. The van der Waals surface area contributed by atoms with Crippen molar-refractivity contribution in [1.82, 2.24) is 40.2 Å². The standard InChI is InChI=1S/C18H14F3N7OS.C9H7F3N2OS.C2H6/c1-10-5-22-7-14(24-10)28(15-8-23-6-11(2)25-15)9-12-3-4-13(30-12)16-26-17(29-27-16)18(19,20)21;1-2-5-3-4-6(16-5)7-13-8(15-14-7)9(10,11)12;1-2/h3-8H,9H2,1-2H3;3-4H,2H2,1H3;1-2H3. The minimum atomic E-state index is -4.68. The predicted octanol–water partition coefficient (Wildman–Crippen LogP) is 8.76. The fourth-order valence-corrected chi connectivity index (χ4v) is 5.54. The molecule has 48 heavy (non-hydrogen) atoms. The Balaban J connectivity index is 0.000000243. The number of nitrogens with zero attached hydrogens (tertiary/aromatic N) is 9. The van der Waals surface area contributed by atoms with Gasteiger partial charge in [0.1, 0.15) is 0 Å². The molecule has 254 valence electrons. The zero-order valence-electron chi connectivity index (χ0n) is 26.0. The van der Waals surface area contributed by atoms with Gasteiger partial charge in [0.05, 0.1) is 40.1 Å². The lowest BCUT2D eigenvalue weighted by Crippen LogP contribution is -2.19. The maximum Gasteiger partial charge on any atom is 0.471 e. The number of aryl methyl sites for hydroxylation is 3. The molecule has 0 aromatic carbocycles. The number of hydrogen-bond acceptors (Lipinski definition) is 13. The molecule has 0 unspecified atom stereocenters. The number of rotatable bonds is 7. The van der Waals surface area contributed by atoms with E-state index in [0.29, 0.717) is 27.9 Å². The highest BCUT2D eigenvalue weighted by molar-refractivity contribution is 7.15. The van der Waals surface area contributed by atoms with Gasteiger partial charge in [-0.05, 0) is 44.5 Å². The second kappa shape index (κ2) is 15.4. The average Bonchev–Trinajstić information content (AvgIpc) is 3.87. The minimum Gasteiger partial charge on any atom is -0.329 e. The normalized spacial score (nSPS) is 11.4. The summed E-state index contributed by atoms with van der Waals surface area (Å²) < 4.78 is 83.2. The summed E-state index contributed by atoms with van der Waals surface area (Å²) in [5.41, 5.74) is 1.47. The van der Waals surface area contributed by atoms with Gasteiger partial charge in [-0.25, -0.2) is 9.97 Å². The van der Waals surface area contributed by atoms with Crippen molar-refractivity contribution in [3.63, 3.8) is 0 Å². The predicted molar refractivity (Wildman–Crippen MR) is 165 cm³/mol. The summed E-state index contributed by atoms with van der Waals surface area (Å²) in [5.74, 6) is -1.67. The summed E-state index contributed by atoms with van der Waals surface area (Å²) >= 11 is 2.60. The Bertz CT molecular complexity index is 1870. The summed E-state index contributed by atoms with van der Waals surface area (Å²) in [6.45, 7) is 9.97. The first kappa shape index (κ1) is 36.1. The second-order valence-corrected chi connectivity index (χ2v) is 11.7. The van der Waals surface area contributed by atoms with Crippen molar-refractivity contribution in [1.29, 1.82) is 0 Å². The molecule has 0 N–H and O–H groups in total. The first-order valence-electron chi connectivity index (χ1n) is 14.1. The molecular weight excluding hydrogens is 685 g/mol. The molecule has 6 aromatic rings. The van der Waals surface area contributed by atoms with Crippen LogP contribution in [0.25, 0.3) is 21.4 Å². The van der Waals surface area contributed by atoms with Crippen LogP contribution in [-0.4, -0.2) is 40.2 Å². The number of thiophene rings is 2. The summed E-state index contributed by atoms with van der Waals surface area (Å²) in [5, 5.41) is 6.74. The molecule has 0 radical (unpaired) electrons. The summed E-state index contributed by atoms with van der Waals surface area (Å²) in [4.78, 5) is 28.9. The molecular formula is C29H27F6N9O2S2. The molecule has 6 rings (SSSR count). The second-order valence-electron chi connectivity index (χ2n) is 9.35. The fourth-order valence-electron chi connectivity index (χ4n) is 3.74. The van der Waals surface area contributed by atoms with Gasteiger partial charge >= 0.3 is 24.1 Å². The van der Waals surface area contributed by atoms with Crippen molar-refractivity contribution >= 4 is 34.3 Å². The van der Waals surface area contributed by atoms with Crippen LogP contribution in [0, 0.1) is 13.8 Å². The maximum atomic E-state index is 12.7. The van der Waals surface area contributed by atoms with Gasteiger partial charge in [-0.1, -0.05) is 31.1 Å². The van der Waals surface area contributed by atoms with E-state index in [4.69, 9.17) is 0 Å². The third kappa shape index (κ3) is 9.18. The van der Waals surface area contributed by atoms with Crippen LogP contribution in [0.3, 0.4) is 0 Å². The van der Waals surface area contributed by atoms with Crippen LogP contribution in [0.1, 0.15) is 53.7 Å². The molecule has 19 heteroatoms. The molecule has 0 saturated carbocycles. The molecule has 0 fully saturated rings. The molecule has 0 aliphatic carbocycles. The first-order valence-corrected chi connectivity index (χ1v) is 15.8. The highest BCUT2D eigenvalue weighted by atomic mass is 32.1. The van der Waals surface area contributed by atoms with E-state index in [1.54, 1.807) is 43.0 Å². The van der Waals surface area contributed by atoms with E-state index >= 15 is 0 Å². The molecule has 0 spiro atoms. The topological polar surface area (TPSA) is 133 Å². The number of anilines is 2. The van der Waals surface area contributed by atoms with Crippen LogP contribution < -0.4 is 4.90 Å². The Kier molecular flexibility index (Phi) is 11.6. The van der Waals surface area contributed by atoms with Crippen molar-refractivity contribution in [2.24, 2.45) is 0 Å².